The van der Waals surface area contributed by atoms with Crippen molar-refractivity contribution in [3.63, 3.8) is 0 Å². The monoisotopic (exact) mass is 278 g/mol. The molecule has 20 heavy (non-hydrogen) atoms. The third kappa shape index (κ3) is 2.71. The summed E-state index contributed by atoms with van der Waals surface area (Å²) in [5.74, 6) is 0.683. The summed E-state index contributed by atoms with van der Waals surface area (Å²) in [4.78, 5) is 0. The van der Waals surface area contributed by atoms with E-state index in [1.807, 2.05) is 52.8 Å². The van der Waals surface area contributed by atoms with Crippen molar-refractivity contribution in [3.8, 4) is 5.75 Å². The van der Waals surface area contributed by atoms with E-state index in [1.54, 1.807) is 0 Å². The molecule has 0 amide bonds. The highest BCUT2D eigenvalue weighted by atomic mass is 16.7. The van der Waals surface area contributed by atoms with E-state index in [2.05, 4.69) is 0 Å². The molecule has 110 valence electrons. The third-order valence-corrected chi connectivity index (χ3v) is 4.09. The molecular formula is C15H23BO4. The molecule has 0 aromatic heterocycles. The van der Waals surface area contributed by atoms with Gasteiger partial charge in [0.15, 0.2) is 0 Å². The fraction of sp³-hybridized carbons (Fsp3) is 0.600. The Hall–Kier alpha value is -1.04. The maximum absolute atomic E-state index is 9.32. The van der Waals surface area contributed by atoms with E-state index in [4.69, 9.17) is 14.0 Å². The van der Waals surface area contributed by atoms with E-state index in [-0.39, 0.29) is 17.8 Å². The summed E-state index contributed by atoms with van der Waals surface area (Å²) in [6.07, 6.45) is 0. The lowest BCUT2D eigenvalue weighted by Crippen LogP contribution is -2.41. The number of aliphatic hydroxyl groups is 1. The van der Waals surface area contributed by atoms with Gasteiger partial charge in [0.05, 0.1) is 24.4 Å². The summed E-state index contributed by atoms with van der Waals surface area (Å²) in [6, 6.07) is 5.65. The van der Waals surface area contributed by atoms with Crippen LogP contribution in [0.4, 0.5) is 0 Å². The number of aliphatic hydroxyl groups excluding tert-OH is 1. The van der Waals surface area contributed by atoms with Crippen LogP contribution in [0.5, 0.6) is 5.75 Å². The molecular weight excluding hydrogens is 255 g/mol. The van der Waals surface area contributed by atoms with Crippen LogP contribution in [0.1, 0.15) is 40.2 Å². The Morgan fingerprint density at radius 2 is 1.75 bits per heavy atom. The van der Waals surface area contributed by atoms with E-state index in [0.29, 0.717) is 12.4 Å². The molecule has 0 radical (unpaired) electrons. The lowest BCUT2D eigenvalue weighted by Gasteiger charge is -2.32. The topological polar surface area (TPSA) is 47.9 Å². The zero-order chi connectivity index (χ0) is 15.0. The Kier molecular flexibility index (Phi) is 4.14. The normalized spacial score (nSPS) is 20.2. The number of rotatable bonds is 4. The Morgan fingerprint density at radius 1 is 1.15 bits per heavy atom. The van der Waals surface area contributed by atoms with Gasteiger partial charge in [-0.2, -0.15) is 0 Å². The van der Waals surface area contributed by atoms with Crippen molar-refractivity contribution in [2.75, 3.05) is 6.61 Å². The third-order valence-electron chi connectivity index (χ3n) is 4.09. The molecule has 4 nitrogen and oxygen atoms in total. The van der Waals surface area contributed by atoms with Gasteiger partial charge >= 0.3 is 7.12 Å². The van der Waals surface area contributed by atoms with Crippen LogP contribution in [0, 0.1) is 0 Å². The minimum atomic E-state index is -0.410. The Labute approximate surface area is 121 Å². The van der Waals surface area contributed by atoms with E-state index in [1.165, 1.54) is 0 Å². The standard InChI is InChI=1S/C15H23BO4/c1-6-18-13-9-12(8-7-11(13)10-17)16-19-14(2,3)15(4,5)20-16/h7-9,17H,6,10H2,1-5H3. The smallest absolute Gasteiger partial charge is 0.494 e. The fourth-order valence-corrected chi connectivity index (χ4v) is 2.12. The molecule has 0 unspecified atom stereocenters. The molecule has 0 atom stereocenters. The van der Waals surface area contributed by atoms with Crippen molar-refractivity contribution >= 4 is 12.6 Å². The minimum Gasteiger partial charge on any atom is -0.494 e. The van der Waals surface area contributed by atoms with Gasteiger partial charge in [0.1, 0.15) is 5.75 Å². The second-order valence-corrected chi connectivity index (χ2v) is 6.05. The molecule has 1 N–H and O–H groups in total. The van der Waals surface area contributed by atoms with E-state index >= 15 is 0 Å². The highest BCUT2D eigenvalue weighted by molar-refractivity contribution is 6.62. The van der Waals surface area contributed by atoms with Crippen LogP contribution in [-0.4, -0.2) is 30.0 Å². The summed E-state index contributed by atoms with van der Waals surface area (Å²) in [7, 11) is -0.410. The van der Waals surface area contributed by atoms with Crippen LogP contribution >= 0.6 is 0 Å². The lowest BCUT2D eigenvalue weighted by molar-refractivity contribution is 0.00578. The Balaban J connectivity index is 2.29. The first kappa shape index (κ1) is 15.4. The van der Waals surface area contributed by atoms with Gasteiger partial charge in [-0.05, 0) is 46.1 Å². The van der Waals surface area contributed by atoms with Crippen molar-refractivity contribution in [2.45, 2.75) is 52.4 Å². The number of hydrogen-bond acceptors (Lipinski definition) is 4. The van der Waals surface area contributed by atoms with Crippen LogP contribution in [-0.2, 0) is 15.9 Å². The van der Waals surface area contributed by atoms with E-state index in [0.717, 1.165) is 11.0 Å². The molecule has 1 aliphatic rings. The van der Waals surface area contributed by atoms with Gasteiger partial charge in [-0.3, -0.25) is 0 Å². The van der Waals surface area contributed by atoms with Crippen LogP contribution in [0.3, 0.4) is 0 Å². The van der Waals surface area contributed by atoms with Gasteiger partial charge in [-0.15, -0.1) is 0 Å². The molecule has 1 saturated heterocycles. The van der Waals surface area contributed by atoms with E-state index < -0.39 is 7.12 Å². The minimum absolute atomic E-state index is 0.0427. The average molecular weight is 278 g/mol. The molecule has 1 aromatic rings. The molecule has 0 aliphatic carbocycles. The molecule has 1 aliphatic heterocycles. The molecule has 1 aromatic carbocycles. The van der Waals surface area contributed by atoms with Gasteiger partial charge in [0, 0.05) is 5.56 Å². The van der Waals surface area contributed by atoms with Crippen molar-refractivity contribution in [1.82, 2.24) is 0 Å². The quantitative estimate of drug-likeness (QED) is 0.854. The van der Waals surface area contributed by atoms with Crippen molar-refractivity contribution in [2.24, 2.45) is 0 Å². The summed E-state index contributed by atoms with van der Waals surface area (Å²) in [6.45, 7) is 10.5. The molecule has 0 saturated carbocycles. The van der Waals surface area contributed by atoms with Crippen LogP contribution in [0.15, 0.2) is 18.2 Å². The van der Waals surface area contributed by atoms with E-state index in [9.17, 15) is 5.11 Å². The predicted octanol–water partition coefficient (Wildman–Crippen LogP) is 1.88. The molecule has 1 heterocycles. The number of ether oxygens (including phenoxy) is 1. The molecule has 1 fully saturated rings. The summed E-state index contributed by atoms with van der Waals surface area (Å²) >= 11 is 0. The van der Waals surface area contributed by atoms with Crippen LogP contribution in [0.25, 0.3) is 0 Å². The maximum Gasteiger partial charge on any atom is 0.494 e. The number of hydrogen-bond donors (Lipinski definition) is 1. The first-order valence-electron chi connectivity index (χ1n) is 7.03. The maximum atomic E-state index is 9.32. The van der Waals surface area contributed by atoms with Crippen LogP contribution < -0.4 is 10.2 Å². The van der Waals surface area contributed by atoms with Gasteiger partial charge < -0.3 is 19.2 Å². The first-order chi connectivity index (χ1) is 9.30. The van der Waals surface area contributed by atoms with Gasteiger partial charge in [0.2, 0.25) is 0 Å². The Morgan fingerprint density at radius 3 is 2.25 bits per heavy atom. The van der Waals surface area contributed by atoms with Crippen LogP contribution in [0.2, 0.25) is 0 Å². The van der Waals surface area contributed by atoms with Gasteiger partial charge in [-0.1, -0.05) is 12.1 Å². The molecule has 0 spiro atoms. The Bertz CT molecular complexity index is 469. The summed E-state index contributed by atoms with van der Waals surface area (Å²) in [5.41, 5.74) is 0.953. The number of benzene rings is 1. The zero-order valence-electron chi connectivity index (χ0n) is 12.9. The molecule has 2 rings (SSSR count). The lowest BCUT2D eigenvalue weighted by atomic mass is 9.78. The first-order valence-corrected chi connectivity index (χ1v) is 7.03. The molecule has 5 heteroatoms. The van der Waals surface area contributed by atoms with Crippen molar-refractivity contribution in [3.05, 3.63) is 23.8 Å². The average Bonchev–Trinajstić information content (AvgIpc) is 2.59. The van der Waals surface area contributed by atoms with Crippen molar-refractivity contribution in [1.29, 1.82) is 0 Å². The predicted molar refractivity (Wildman–Crippen MR) is 79.2 cm³/mol. The second kappa shape index (κ2) is 5.39. The fourth-order valence-electron chi connectivity index (χ4n) is 2.12. The van der Waals surface area contributed by atoms with Gasteiger partial charge in [-0.25, -0.2) is 0 Å². The largest absolute Gasteiger partial charge is 0.494 e. The SMILES string of the molecule is CCOc1cc(B2OC(C)(C)C(C)(C)O2)ccc1CO. The van der Waals surface area contributed by atoms with Gasteiger partial charge in [0.25, 0.3) is 0 Å². The molecule has 0 bridgehead atoms. The zero-order valence-corrected chi connectivity index (χ0v) is 12.9. The highest BCUT2D eigenvalue weighted by Gasteiger charge is 2.51. The summed E-state index contributed by atoms with van der Waals surface area (Å²) in [5, 5.41) is 9.32. The van der Waals surface area contributed by atoms with Crippen molar-refractivity contribution < 1.29 is 19.2 Å². The summed E-state index contributed by atoms with van der Waals surface area (Å²) < 4.78 is 17.6. The highest BCUT2D eigenvalue weighted by Crippen LogP contribution is 2.36. The second-order valence-electron chi connectivity index (χ2n) is 6.05.